The van der Waals surface area contributed by atoms with Crippen LogP contribution in [0.4, 0.5) is 0 Å². The van der Waals surface area contributed by atoms with E-state index in [1.54, 1.807) is 0 Å². The van der Waals surface area contributed by atoms with Crippen molar-refractivity contribution in [3.63, 3.8) is 0 Å². The topological polar surface area (TPSA) is 93.6 Å². The zero-order valence-electron chi connectivity index (χ0n) is 76.1. The van der Waals surface area contributed by atoms with Crippen molar-refractivity contribution in [2.75, 3.05) is 0 Å². The van der Waals surface area contributed by atoms with Gasteiger partial charge in [-0.05, 0) is 229 Å². The minimum absolute atomic E-state index is 0.876. The fourth-order valence-electron chi connectivity index (χ4n) is 21.9. The van der Waals surface area contributed by atoms with Gasteiger partial charge in [-0.15, -0.1) is 0 Å². The molecule has 9 heterocycles. The monoisotopic (exact) mass is 1800 g/mol. The molecule has 0 saturated carbocycles. The van der Waals surface area contributed by atoms with E-state index in [0.717, 1.165) is 265 Å². The van der Waals surface area contributed by atoms with Crippen LogP contribution in [-0.4, -0.2) is 13.7 Å². The van der Waals surface area contributed by atoms with Gasteiger partial charge in [0.2, 0.25) is 0 Å². The summed E-state index contributed by atoms with van der Waals surface area (Å²) in [5.74, 6) is 0. The predicted octanol–water partition coefficient (Wildman–Crippen LogP) is 37.3. The third-order valence-corrected chi connectivity index (χ3v) is 28.2. The van der Waals surface area contributed by atoms with Crippen LogP contribution in [0.1, 0.15) is 0 Å². The Labute approximate surface area is 807 Å². The van der Waals surface area contributed by atoms with Crippen molar-refractivity contribution < 1.29 is 26.5 Å². The Kier molecular flexibility index (Phi) is 18.8. The molecule has 0 radical (unpaired) electrons. The van der Waals surface area contributed by atoms with E-state index >= 15 is 0 Å². The first kappa shape index (κ1) is 80.5. The fraction of sp³-hybridized carbons (Fsp3) is 0. The highest BCUT2D eigenvalue weighted by Gasteiger charge is 2.28. The lowest BCUT2D eigenvalue weighted by molar-refractivity contribution is 0.669. The molecule has 0 fully saturated rings. The molecule has 0 unspecified atom stereocenters. The van der Waals surface area contributed by atoms with Crippen LogP contribution in [0.2, 0.25) is 0 Å². The third kappa shape index (κ3) is 13.3. The second kappa shape index (κ2) is 33.0. The Morgan fingerprint density at radius 1 is 0.128 bits per heavy atom. The van der Waals surface area contributed by atoms with Gasteiger partial charge >= 0.3 is 0 Å². The van der Waals surface area contributed by atoms with Crippen LogP contribution in [0.5, 0.6) is 0 Å². The van der Waals surface area contributed by atoms with Crippen molar-refractivity contribution in [1.29, 1.82) is 0 Å². The van der Waals surface area contributed by atoms with Crippen LogP contribution in [0.25, 0.3) is 282 Å². The molecule has 9 aromatic heterocycles. The number of para-hydroxylation sites is 9. The summed E-state index contributed by atoms with van der Waals surface area (Å²) in [4.78, 5) is 0. The summed E-state index contributed by atoms with van der Waals surface area (Å²) in [5, 5.41) is 13.4. The molecule has 30 aromatic rings. The van der Waals surface area contributed by atoms with Crippen LogP contribution in [-0.2, 0) is 0 Å². The number of nitrogens with zero attached hydrogens (tertiary/aromatic N) is 3. The molecule has 0 saturated heterocycles. The molecule has 30 rings (SSSR count). The number of hydrogen-bond donors (Lipinski definition) is 0. The standard InChI is InChI=1S/3C44H27NO2/c1-3-13-28(14-4-1)33-21-10-23-35-36-24-11-22-34(43(36)47-42(33)35)30-16-9-15-29(27-30)32-20-12-26-39-40(32)41-44(46-39)37-19-7-8-25-38(37)45(41)31-17-5-2-6-18-31;1-3-12-28(13-4-1)29-24-25-39-37(27-29)35-21-10-20-34(43(35)46-39)31-15-9-14-30(26-31)33-19-11-23-40-41(33)42-44(47-40)36-18-7-8-22-38(36)45(42)32-16-5-2-6-17-32;1-3-11-28(12-4-1)30-21-23-35-36-24-22-31(27-41(36)46-40(35)26-30)29-13-9-14-32(25-29)34-18-10-20-39-42(34)43-44(47-39)37-17-7-8-19-38(37)45(43)33-15-5-2-6-16-33/h3*1-27H. The van der Waals surface area contributed by atoms with Gasteiger partial charge in [0.05, 0.1) is 32.7 Å². The van der Waals surface area contributed by atoms with Gasteiger partial charge in [-0.25, -0.2) is 0 Å². The van der Waals surface area contributed by atoms with E-state index in [9.17, 15) is 0 Å². The molecule has 0 spiro atoms. The molecule has 0 aliphatic heterocycles. The van der Waals surface area contributed by atoms with Gasteiger partial charge in [-0.1, -0.05) is 346 Å². The van der Waals surface area contributed by atoms with E-state index in [0.29, 0.717) is 0 Å². The van der Waals surface area contributed by atoms with Crippen molar-refractivity contribution in [1.82, 2.24) is 13.7 Å². The summed E-state index contributed by atoms with van der Waals surface area (Å²) < 4.78 is 46.7. The Balaban J connectivity index is 0.000000104. The summed E-state index contributed by atoms with van der Waals surface area (Å²) >= 11 is 0. The second-order valence-electron chi connectivity index (χ2n) is 36.3. The van der Waals surface area contributed by atoms with Gasteiger partial charge in [0, 0.05) is 82.2 Å². The maximum Gasteiger partial charge on any atom is 0.161 e. The van der Waals surface area contributed by atoms with Crippen molar-refractivity contribution >= 4 is 165 Å². The third-order valence-electron chi connectivity index (χ3n) is 28.2. The molecule has 0 bridgehead atoms. The summed E-state index contributed by atoms with van der Waals surface area (Å²) in [6, 6.07) is 173. The van der Waals surface area contributed by atoms with Crippen molar-refractivity contribution in [3.05, 3.63) is 491 Å². The van der Waals surface area contributed by atoms with Gasteiger partial charge in [0.15, 0.2) is 16.7 Å². The SMILES string of the molecule is c1ccc(-c2ccc3c(c2)oc2cc(-c4cccc(-c5cccc6oc7c8ccccc8n(-c8ccccc8)c7c56)c4)ccc23)cc1.c1ccc(-c2ccc3oc4c(-c5cccc(-c6cccc7oc8c9ccccc9n(-c9ccccc9)c8c67)c5)cccc4c3c2)cc1.c1ccc(-c2cccc3c2oc2c(-c4cccc(-c5cccc6oc7c8ccccc8n(-c8ccccc8)c7c56)c4)cccc23)cc1. The molecule has 21 aromatic carbocycles. The van der Waals surface area contributed by atoms with Crippen LogP contribution >= 0.6 is 0 Å². The van der Waals surface area contributed by atoms with Crippen molar-refractivity contribution in [2.45, 2.75) is 0 Å². The van der Waals surface area contributed by atoms with Crippen LogP contribution in [0.3, 0.4) is 0 Å². The van der Waals surface area contributed by atoms with Gasteiger partial charge < -0.3 is 40.2 Å². The van der Waals surface area contributed by atoms with Crippen molar-refractivity contribution in [2.24, 2.45) is 0 Å². The Morgan fingerprint density at radius 3 is 0.809 bits per heavy atom. The van der Waals surface area contributed by atoms with E-state index in [2.05, 4.69) is 487 Å². The second-order valence-corrected chi connectivity index (χ2v) is 36.3. The molecule has 660 valence electrons. The van der Waals surface area contributed by atoms with Crippen LogP contribution in [0, 0.1) is 0 Å². The lowest BCUT2D eigenvalue weighted by atomic mass is 9.95. The molecule has 0 atom stereocenters. The summed E-state index contributed by atoms with van der Waals surface area (Å²) in [5.41, 5.74) is 41.1. The maximum atomic E-state index is 6.76. The number of hydrogen-bond acceptors (Lipinski definition) is 6. The zero-order valence-corrected chi connectivity index (χ0v) is 76.1. The van der Waals surface area contributed by atoms with Gasteiger partial charge in [0.1, 0.15) is 66.8 Å². The van der Waals surface area contributed by atoms with Gasteiger partial charge in [-0.3, -0.25) is 0 Å². The Morgan fingerprint density at radius 2 is 0.397 bits per heavy atom. The smallest absolute Gasteiger partial charge is 0.161 e. The number of rotatable bonds is 12. The van der Waals surface area contributed by atoms with E-state index in [-0.39, 0.29) is 0 Å². The molecular weight excluding hydrogens is 1720 g/mol. The summed E-state index contributed by atoms with van der Waals surface area (Å²) in [7, 11) is 0. The van der Waals surface area contributed by atoms with E-state index in [1.807, 2.05) is 18.2 Å². The van der Waals surface area contributed by atoms with Crippen LogP contribution < -0.4 is 0 Å². The molecule has 141 heavy (non-hydrogen) atoms. The normalized spacial score (nSPS) is 11.8. The van der Waals surface area contributed by atoms with E-state index < -0.39 is 0 Å². The first-order valence-corrected chi connectivity index (χ1v) is 47.8. The van der Waals surface area contributed by atoms with Crippen molar-refractivity contribution in [3.8, 4) is 117 Å². The van der Waals surface area contributed by atoms with Gasteiger partial charge in [-0.2, -0.15) is 0 Å². The molecule has 9 nitrogen and oxygen atoms in total. The fourth-order valence-corrected chi connectivity index (χ4v) is 21.9. The highest BCUT2D eigenvalue weighted by molar-refractivity contribution is 6.24. The first-order valence-electron chi connectivity index (χ1n) is 47.8. The lowest BCUT2D eigenvalue weighted by Gasteiger charge is -2.10. The number of aromatic nitrogens is 3. The zero-order chi connectivity index (χ0) is 92.7. The average molecular weight is 1810 g/mol. The number of furan rings is 6. The Hall–Kier alpha value is -19.0. The first-order chi connectivity index (χ1) is 69.9. The number of fused-ring (bicyclic) bond motifs is 24. The molecule has 0 N–H and O–H groups in total. The molecule has 0 aliphatic carbocycles. The number of benzene rings is 21. The molecule has 0 amide bonds. The summed E-state index contributed by atoms with van der Waals surface area (Å²) in [6.45, 7) is 0. The Bertz CT molecular complexity index is 10200. The maximum absolute atomic E-state index is 6.76. The molecule has 9 heteroatoms. The van der Waals surface area contributed by atoms with E-state index in [1.165, 1.54) is 16.7 Å². The highest BCUT2D eigenvalue weighted by atomic mass is 16.4. The highest BCUT2D eigenvalue weighted by Crippen LogP contribution is 2.51. The van der Waals surface area contributed by atoms with Gasteiger partial charge in [0.25, 0.3) is 0 Å². The minimum atomic E-state index is 0.876. The van der Waals surface area contributed by atoms with E-state index in [4.69, 9.17) is 26.5 Å². The molecular formula is C132H81N3O6. The summed E-state index contributed by atoms with van der Waals surface area (Å²) in [6.07, 6.45) is 0. The van der Waals surface area contributed by atoms with Crippen LogP contribution in [0.15, 0.2) is 518 Å². The largest absolute Gasteiger partial charge is 0.456 e. The lowest BCUT2D eigenvalue weighted by Crippen LogP contribution is -1.93. The average Bonchev–Trinajstić information content (AvgIpc) is 1.56. The predicted molar refractivity (Wildman–Crippen MR) is 582 cm³/mol. The minimum Gasteiger partial charge on any atom is -0.456 e. The quantitative estimate of drug-likeness (QED) is 0.121. The molecule has 0 aliphatic rings.